The minimum Gasteiger partial charge on any atom is -0.375 e. The molecule has 0 radical (unpaired) electrons. The Morgan fingerprint density at radius 3 is 2.71 bits per heavy atom. The van der Waals surface area contributed by atoms with Gasteiger partial charge in [0.25, 0.3) is 0 Å². The van der Waals surface area contributed by atoms with E-state index in [2.05, 4.69) is 27.7 Å². The van der Waals surface area contributed by atoms with Crippen molar-refractivity contribution in [3.05, 3.63) is 71.3 Å². The van der Waals surface area contributed by atoms with Gasteiger partial charge in [0.2, 0.25) is 5.91 Å². The summed E-state index contributed by atoms with van der Waals surface area (Å²) >= 11 is 0. The van der Waals surface area contributed by atoms with Gasteiger partial charge in [0, 0.05) is 31.1 Å². The average molecular weight is 375 g/mol. The minimum absolute atomic E-state index is 0.0285. The summed E-state index contributed by atoms with van der Waals surface area (Å²) in [5.41, 5.74) is 4.69. The monoisotopic (exact) mass is 375 g/mol. The number of amides is 1. The Hall–Kier alpha value is -3.32. The second-order valence-corrected chi connectivity index (χ2v) is 6.81. The highest BCUT2D eigenvalue weighted by molar-refractivity contribution is 5.84. The van der Waals surface area contributed by atoms with Gasteiger partial charge in [0.15, 0.2) is 5.65 Å². The second-order valence-electron chi connectivity index (χ2n) is 6.81. The molecule has 7 heteroatoms. The SMILES string of the molecule is COCC(=O)N(Cc1ccccc1)Cc1cc2cc(C)ccc2n2nnnc12. The smallest absolute Gasteiger partial charge is 0.249 e. The first-order chi connectivity index (χ1) is 13.7. The van der Waals surface area contributed by atoms with E-state index in [1.54, 1.807) is 9.42 Å². The number of rotatable bonds is 6. The normalized spacial score (nSPS) is 11.2. The number of tetrazole rings is 1. The van der Waals surface area contributed by atoms with Crippen LogP contribution in [0.25, 0.3) is 16.6 Å². The highest BCUT2D eigenvalue weighted by atomic mass is 16.5. The van der Waals surface area contributed by atoms with E-state index in [4.69, 9.17) is 4.74 Å². The zero-order valence-electron chi connectivity index (χ0n) is 15.9. The van der Waals surface area contributed by atoms with Crippen LogP contribution in [0.15, 0.2) is 54.6 Å². The molecule has 4 aromatic rings. The number of hydrogen-bond donors (Lipinski definition) is 0. The van der Waals surface area contributed by atoms with Crippen molar-refractivity contribution >= 4 is 22.5 Å². The van der Waals surface area contributed by atoms with Crippen molar-refractivity contribution in [2.45, 2.75) is 20.0 Å². The van der Waals surface area contributed by atoms with Gasteiger partial charge in [-0.2, -0.15) is 4.52 Å². The first-order valence-corrected chi connectivity index (χ1v) is 9.06. The van der Waals surface area contributed by atoms with E-state index >= 15 is 0 Å². The average Bonchev–Trinajstić information content (AvgIpc) is 3.18. The number of pyridine rings is 1. The zero-order valence-corrected chi connectivity index (χ0v) is 15.9. The lowest BCUT2D eigenvalue weighted by Crippen LogP contribution is -2.33. The van der Waals surface area contributed by atoms with Crippen LogP contribution in [-0.2, 0) is 22.6 Å². The van der Waals surface area contributed by atoms with Crippen LogP contribution in [-0.4, -0.2) is 44.6 Å². The largest absolute Gasteiger partial charge is 0.375 e. The summed E-state index contributed by atoms with van der Waals surface area (Å²) in [5.74, 6) is -0.0821. The van der Waals surface area contributed by atoms with E-state index in [1.807, 2.05) is 49.4 Å². The van der Waals surface area contributed by atoms with Crippen LogP contribution >= 0.6 is 0 Å². The Kier molecular flexibility index (Phi) is 4.99. The topological polar surface area (TPSA) is 72.6 Å². The zero-order chi connectivity index (χ0) is 19.5. The number of aromatic nitrogens is 4. The molecule has 0 spiro atoms. The van der Waals surface area contributed by atoms with Crippen molar-refractivity contribution < 1.29 is 9.53 Å². The molecule has 28 heavy (non-hydrogen) atoms. The van der Waals surface area contributed by atoms with E-state index in [1.165, 1.54) is 7.11 Å². The number of carbonyl (C=O) groups is 1. The van der Waals surface area contributed by atoms with E-state index < -0.39 is 0 Å². The van der Waals surface area contributed by atoms with Crippen LogP contribution in [0, 0.1) is 6.92 Å². The molecule has 0 unspecified atom stereocenters. The molecule has 0 saturated heterocycles. The number of benzene rings is 2. The molecule has 2 heterocycles. The van der Waals surface area contributed by atoms with Gasteiger partial charge < -0.3 is 9.64 Å². The summed E-state index contributed by atoms with van der Waals surface area (Å²) in [6, 6.07) is 18.1. The van der Waals surface area contributed by atoms with Gasteiger partial charge in [-0.1, -0.05) is 42.0 Å². The molecule has 0 aliphatic rings. The molecule has 4 rings (SSSR count). The molecule has 0 saturated carbocycles. The van der Waals surface area contributed by atoms with Gasteiger partial charge in [0.1, 0.15) is 6.61 Å². The summed E-state index contributed by atoms with van der Waals surface area (Å²) in [7, 11) is 1.53. The fourth-order valence-electron chi connectivity index (χ4n) is 3.36. The number of methoxy groups -OCH3 is 1. The number of fused-ring (bicyclic) bond motifs is 3. The van der Waals surface area contributed by atoms with Gasteiger partial charge >= 0.3 is 0 Å². The summed E-state index contributed by atoms with van der Waals surface area (Å²) in [4.78, 5) is 14.5. The Balaban J connectivity index is 1.75. The summed E-state index contributed by atoms with van der Waals surface area (Å²) < 4.78 is 6.81. The number of hydrogen-bond acceptors (Lipinski definition) is 5. The summed E-state index contributed by atoms with van der Waals surface area (Å²) in [6.07, 6.45) is 0. The Morgan fingerprint density at radius 1 is 1.11 bits per heavy atom. The van der Waals surface area contributed by atoms with Crippen LogP contribution in [0.2, 0.25) is 0 Å². The second kappa shape index (κ2) is 7.74. The quantitative estimate of drug-likeness (QED) is 0.518. The Labute approximate surface area is 162 Å². The third kappa shape index (κ3) is 3.57. The highest BCUT2D eigenvalue weighted by Gasteiger charge is 2.18. The Bertz CT molecular complexity index is 1120. The number of carbonyl (C=O) groups excluding carboxylic acids is 1. The predicted molar refractivity (Wildman–Crippen MR) is 106 cm³/mol. The lowest BCUT2D eigenvalue weighted by molar-refractivity contribution is -0.136. The molecule has 1 amide bonds. The van der Waals surface area contributed by atoms with E-state index in [0.29, 0.717) is 18.7 Å². The molecular weight excluding hydrogens is 354 g/mol. The van der Waals surface area contributed by atoms with Crippen molar-refractivity contribution in [1.29, 1.82) is 0 Å². The lowest BCUT2D eigenvalue weighted by atomic mass is 10.1. The molecule has 2 aromatic carbocycles. The van der Waals surface area contributed by atoms with Crippen LogP contribution in [0.3, 0.4) is 0 Å². The van der Waals surface area contributed by atoms with Crippen LogP contribution in [0.1, 0.15) is 16.7 Å². The molecule has 0 aliphatic heterocycles. The molecule has 0 N–H and O–H groups in total. The number of aryl methyl sites for hydroxylation is 1. The molecule has 142 valence electrons. The number of nitrogens with zero attached hydrogens (tertiary/aromatic N) is 5. The number of ether oxygens (including phenoxy) is 1. The summed E-state index contributed by atoms with van der Waals surface area (Å²) in [6.45, 7) is 2.96. The van der Waals surface area contributed by atoms with Crippen molar-refractivity contribution in [3.8, 4) is 0 Å². The third-order valence-corrected chi connectivity index (χ3v) is 4.70. The first-order valence-electron chi connectivity index (χ1n) is 9.06. The molecule has 0 fully saturated rings. The lowest BCUT2D eigenvalue weighted by Gasteiger charge is -2.23. The third-order valence-electron chi connectivity index (χ3n) is 4.70. The van der Waals surface area contributed by atoms with Gasteiger partial charge in [-0.3, -0.25) is 4.79 Å². The van der Waals surface area contributed by atoms with Gasteiger partial charge in [-0.15, -0.1) is 5.10 Å². The van der Waals surface area contributed by atoms with Crippen LogP contribution < -0.4 is 0 Å². The standard InChI is InChI=1S/C21H21N5O2/c1-15-8-9-19-17(10-15)11-18(21-22-23-24-26(19)21)13-25(20(27)14-28-2)12-16-6-4-3-5-7-16/h3-11H,12-14H2,1-2H3. The van der Waals surface area contributed by atoms with Gasteiger partial charge in [0.05, 0.1) is 5.52 Å². The van der Waals surface area contributed by atoms with Gasteiger partial charge in [-0.05, 0) is 41.1 Å². The fourth-order valence-corrected chi connectivity index (χ4v) is 3.36. The van der Waals surface area contributed by atoms with Crippen LogP contribution in [0.4, 0.5) is 0 Å². The predicted octanol–water partition coefficient (Wildman–Crippen LogP) is 2.76. The Morgan fingerprint density at radius 2 is 1.93 bits per heavy atom. The highest BCUT2D eigenvalue weighted by Crippen LogP contribution is 2.22. The maximum Gasteiger partial charge on any atom is 0.249 e. The minimum atomic E-state index is -0.0821. The molecule has 0 bridgehead atoms. The van der Waals surface area contributed by atoms with E-state index in [9.17, 15) is 4.79 Å². The van der Waals surface area contributed by atoms with Crippen molar-refractivity contribution in [3.63, 3.8) is 0 Å². The first kappa shape index (κ1) is 18.1. The van der Waals surface area contributed by atoms with E-state index in [-0.39, 0.29) is 12.5 Å². The maximum atomic E-state index is 12.7. The van der Waals surface area contributed by atoms with Crippen molar-refractivity contribution in [2.24, 2.45) is 0 Å². The van der Waals surface area contributed by atoms with Crippen LogP contribution in [0.5, 0.6) is 0 Å². The van der Waals surface area contributed by atoms with Crippen molar-refractivity contribution in [2.75, 3.05) is 13.7 Å². The van der Waals surface area contributed by atoms with Crippen molar-refractivity contribution in [1.82, 2.24) is 24.9 Å². The molecular formula is C21H21N5O2. The molecule has 2 aromatic heterocycles. The maximum absolute atomic E-state index is 12.7. The molecule has 7 nitrogen and oxygen atoms in total. The van der Waals surface area contributed by atoms with E-state index in [0.717, 1.165) is 27.6 Å². The fraction of sp³-hybridized carbons (Fsp3) is 0.238. The summed E-state index contributed by atoms with van der Waals surface area (Å²) in [5, 5.41) is 13.2. The molecule has 0 atom stereocenters. The van der Waals surface area contributed by atoms with Gasteiger partial charge in [-0.25, -0.2) is 0 Å². The molecule has 0 aliphatic carbocycles.